The first-order valence-electron chi connectivity index (χ1n) is 10.3. The number of benzene rings is 2. The number of carbonyl (C=O) groups excluding carboxylic acids is 2. The number of hydrogen-bond acceptors (Lipinski definition) is 4. The first-order chi connectivity index (χ1) is 15.6. The lowest BCUT2D eigenvalue weighted by molar-refractivity contribution is -0.0241. The summed E-state index contributed by atoms with van der Waals surface area (Å²) in [6.45, 7) is 0.160. The number of likely N-dealkylation sites (tertiary alicyclic amines) is 1. The molecule has 2 aromatic carbocycles. The van der Waals surface area contributed by atoms with Gasteiger partial charge in [-0.1, -0.05) is 35.9 Å². The summed E-state index contributed by atoms with van der Waals surface area (Å²) in [6, 6.07) is 17.1. The van der Waals surface area contributed by atoms with Crippen LogP contribution in [-0.4, -0.2) is 52.2 Å². The Morgan fingerprint density at radius 2 is 1.97 bits per heavy atom. The second-order valence-electron chi connectivity index (χ2n) is 7.91. The number of halogens is 1. The van der Waals surface area contributed by atoms with Crippen LogP contribution in [0.5, 0.6) is 0 Å². The van der Waals surface area contributed by atoms with Crippen LogP contribution in [0, 0.1) is 0 Å². The van der Waals surface area contributed by atoms with Gasteiger partial charge in [0, 0.05) is 41.3 Å². The van der Waals surface area contributed by atoms with Gasteiger partial charge in [0.25, 0.3) is 5.91 Å². The van der Waals surface area contributed by atoms with Crippen LogP contribution in [0.4, 0.5) is 16.2 Å². The molecule has 0 aliphatic carbocycles. The summed E-state index contributed by atoms with van der Waals surface area (Å²) in [5.74, 6) is -0.250. The normalized spacial score (nSPS) is 21.2. The Labute approximate surface area is 190 Å². The molecule has 0 bridgehead atoms. The monoisotopic (exact) mass is 448 g/mol. The second-order valence-corrected chi connectivity index (χ2v) is 8.34. The molecule has 162 valence electrons. The quantitative estimate of drug-likeness (QED) is 0.639. The fourth-order valence-corrected chi connectivity index (χ4v) is 4.94. The van der Waals surface area contributed by atoms with E-state index in [-0.39, 0.29) is 36.5 Å². The Bertz CT molecular complexity index is 1170. The highest BCUT2D eigenvalue weighted by Crippen LogP contribution is 2.48. The lowest BCUT2D eigenvalue weighted by Crippen LogP contribution is -2.71. The van der Waals surface area contributed by atoms with E-state index in [0.717, 1.165) is 11.3 Å². The van der Waals surface area contributed by atoms with Gasteiger partial charge in [-0.3, -0.25) is 14.7 Å². The highest BCUT2D eigenvalue weighted by atomic mass is 35.5. The van der Waals surface area contributed by atoms with Crippen molar-refractivity contribution >= 4 is 34.9 Å². The number of aliphatic hydroxyl groups excluding tert-OH is 1. The minimum atomic E-state index is -0.355. The fraction of sp³-hybridized carbons (Fsp3) is 0.208. The van der Waals surface area contributed by atoms with Crippen molar-refractivity contribution in [2.45, 2.75) is 18.0 Å². The number of fused-ring (bicyclic) bond motifs is 3. The average molecular weight is 449 g/mol. The molecule has 32 heavy (non-hydrogen) atoms. The van der Waals surface area contributed by atoms with Gasteiger partial charge >= 0.3 is 6.03 Å². The Balaban J connectivity index is 1.47. The molecule has 7 nitrogen and oxygen atoms in total. The van der Waals surface area contributed by atoms with E-state index < -0.39 is 0 Å². The third-order valence-corrected chi connectivity index (χ3v) is 6.39. The van der Waals surface area contributed by atoms with Crippen molar-refractivity contribution in [3.05, 3.63) is 89.2 Å². The minimum Gasteiger partial charge on any atom is -0.394 e. The number of para-hydroxylation sites is 1. The van der Waals surface area contributed by atoms with Crippen molar-refractivity contribution < 1.29 is 14.7 Å². The van der Waals surface area contributed by atoms with Gasteiger partial charge in [0.05, 0.1) is 24.3 Å². The van der Waals surface area contributed by atoms with Crippen LogP contribution in [-0.2, 0) is 0 Å². The van der Waals surface area contributed by atoms with Crippen LogP contribution in [0.3, 0.4) is 0 Å². The van der Waals surface area contributed by atoms with Crippen molar-refractivity contribution in [1.29, 1.82) is 0 Å². The summed E-state index contributed by atoms with van der Waals surface area (Å²) < 4.78 is 0. The molecule has 3 heterocycles. The zero-order valence-electron chi connectivity index (χ0n) is 17.1. The summed E-state index contributed by atoms with van der Waals surface area (Å²) in [5.41, 5.74) is 2.77. The number of rotatable bonds is 3. The van der Waals surface area contributed by atoms with E-state index in [1.165, 1.54) is 6.20 Å². The maximum atomic E-state index is 13.2. The number of pyridine rings is 1. The highest BCUT2D eigenvalue weighted by molar-refractivity contribution is 6.30. The van der Waals surface area contributed by atoms with Crippen molar-refractivity contribution in [3.63, 3.8) is 0 Å². The zero-order chi connectivity index (χ0) is 22.2. The number of amides is 3. The first-order valence-corrected chi connectivity index (χ1v) is 10.7. The molecule has 1 saturated heterocycles. The van der Waals surface area contributed by atoms with Gasteiger partial charge in [-0.15, -0.1) is 0 Å². The molecule has 1 aromatic heterocycles. The standard InChI is InChI=1S/C24H21ClN4O3/c25-16-6-3-7-17(11-16)27-24(32)28-13-20-22(18-8-1-2-9-19(18)28)21(14-30)29(20)23(31)15-5-4-10-26-12-15/h1-12,20-22,30H,13-14H2,(H,27,32)/t20-,21-,22+/m1/s1. The van der Waals surface area contributed by atoms with Crippen molar-refractivity contribution in [2.75, 3.05) is 23.4 Å². The lowest BCUT2D eigenvalue weighted by Gasteiger charge is -2.58. The van der Waals surface area contributed by atoms with Crippen LogP contribution < -0.4 is 10.2 Å². The maximum absolute atomic E-state index is 13.2. The number of aliphatic hydroxyl groups is 1. The predicted octanol–water partition coefficient (Wildman–Crippen LogP) is 3.76. The van der Waals surface area contributed by atoms with Gasteiger partial charge in [-0.2, -0.15) is 0 Å². The van der Waals surface area contributed by atoms with Crippen LogP contribution in [0.25, 0.3) is 0 Å². The van der Waals surface area contributed by atoms with Gasteiger partial charge in [-0.05, 0) is 42.0 Å². The summed E-state index contributed by atoms with van der Waals surface area (Å²) in [6.07, 6.45) is 3.13. The molecular weight excluding hydrogens is 428 g/mol. The third kappa shape index (κ3) is 3.39. The van der Waals surface area contributed by atoms with Crippen LogP contribution in [0.2, 0.25) is 5.02 Å². The van der Waals surface area contributed by atoms with E-state index in [4.69, 9.17) is 11.6 Å². The molecule has 3 aromatic rings. The van der Waals surface area contributed by atoms with E-state index >= 15 is 0 Å². The SMILES string of the molecule is O=C(Nc1cccc(Cl)c1)N1C[C@@H]2[C@H](c3ccccc31)[C@@H](CO)N2C(=O)c1cccnc1. The number of anilines is 2. The van der Waals surface area contributed by atoms with E-state index in [1.807, 2.05) is 24.3 Å². The Hall–Kier alpha value is -3.42. The van der Waals surface area contributed by atoms with E-state index in [9.17, 15) is 14.7 Å². The lowest BCUT2D eigenvalue weighted by atomic mass is 9.71. The van der Waals surface area contributed by atoms with Crippen molar-refractivity contribution in [3.8, 4) is 0 Å². The molecule has 0 saturated carbocycles. The Kier molecular flexibility index (Phi) is 5.28. The molecule has 0 radical (unpaired) electrons. The number of nitrogens with one attached hydrogen (secondary N) is 1. The number of hydrogen-bond donors (Lipinski definition) is 2. The molecule has 2 N–H and O–H groups in total. The summed E-state index contributed by atoms with van der Waals surface area (Å²) in [5, 5.41) is 13.5. The van der Waals surface area contributed by atoms with Crippen LogP contribution in [0.15, 0.2) is 73.1 Å². The topological polar surface area (TPSA) is 85.8 Å². The molecule has 5 rings (SSSR count). The predicted molar refractivity (Wildman–Crippen MR) is 122 cm³/mol. The van der Waals surface area contributed by atoms with Gasteiger partial charge in [-0.25, -0.2) is 4.79 Å². The van der Waals surface area contributed by atoms with Gasteiger partial charge in [0.2, 0.25) is 0 Å². The smallest absolute Gasteiger partial charge is 0.326 e. The van der Waals surface area contributed by atoms with Crippen molar-refractivity contribution in [1.82, 2.24) is 9.88 Å². The van der Waals surface area contributed by atoms with Gasteiger partial charge in [0.1, 0.15) is 0 Å². The Morgan fingerprint density at radius 3 is 2.72 bits per heavy atom. The molecule has 3 amide bonds. The van der Waals surface area contributed by atoms with Crippen LogP contribution >= 0.6 is 11.6 Å². The molecule has 1 fully saturated rings. The molecular formula is C24H21ClN4O3. The van der Waals surface area contributed by atoms with E-state index in [1.54, 1.807) is 52.4 Å². The minimum absolute atomic E-state index is 0.0490. The number of urea groups is 1. The second kappa shape index (κ2) is 8.26. The summed E-state index contributed by atoms with van der Waals surface area (Å²) >= 11 is 6.05. The number of aromatic nitrogens is 1. The number of carbonyl (C=O) groups is 2. The fourth-order valence-electron chi connectivity index (χ4n) is 4.75. The average Bonchev–Trinajstić information content (AvgIpc) is 2.80. The molecule has 2 aliphatic heterocycles. The first kappa shape index (κ1) is 20.5. The summed E-state index contributed by atoms with van der Waals surface area (Å²) in [4.78, 5) is 33.8. The third-order valence-electron chi connectivity index (χ3n) is 6.15. The van der Waals surface area contributed by atoms with E-state index in [2.05, 4.69) is 10.3 Å². The molecule has 2 aliphatic rings. The van der Waals surface area contributed by atoms with E-state index in [0.29, 0.717) is 22.8 Å². The molecule has 3 atom stereocenters. The maximum Gasteiger partial charge on any atom is 0.326 e. The summed E-state index contributed by atoms with van der Waals surface area (Å²) in [7, 11) is 0. The molecule has 0 unspecified atom stereocenters. The van der Waals surface area contributed by atoms with Gasteiger partial charge < -0.3 is 15.3 Å². The largest absolute Gasteiger partial charge is 0.394 e. The van der Waals surface area contributed by atoms with Crippen LogP contribution in [0.1, 0.15) is 21.8 Å². The zero-order valence-corrected chi connectivity index (χ0v) is 17.8. The Morgan fingerprint density at radius 1 is 1.12 bits per heavy atom. The van der Waals surface area contributed by atoms with Crippen molar-refractivity contribution in [2.24, 2.45) is 0 Å². The molecule has 8 heteroatoms. The molecule has 0 spiro atoms. The van der Waals surface area contributed by atoms with Gasteiger partial charge in [0.15, 0.2) is 0 Å². The number of nitrogens with zero attached hydrogens (tertiary/aromatic N) is 3. The highest BCUT2D eigenvalue weighted by Gasteiger charge is 2.55.